The van der Waals surface area contributed by atoms with Gasteiger partial charge in [-0.15, -0.1) is 0 Å². The van der Waals surface area contributed by atoms with Crippen molar-refractivity contribution in [3.05, 3.63) is 29.8 Å². The summed E-state index contributed by atoms with van der Waals surface area (Å²) in [6.07, 6.45) is 4.48. The molecule has 3 rings (SSSR count). The third kappa shape index (κ3) is 1.62. The summed E-state index contributed by atoms with van der Waals surface area (Å²) in [6.45, 7) is 2.98. The Labute approximate surface area is 96.3 Å². The zero-order valence-electron chi connectivity index (χ0n) is 9.70. The average Bonchev–Trinajstić information content (AvgIpc) is 3.00. The topological polar surface area (TPSA) is 20.3 Å². The molecule has 0 radical (unpaired) electrons. The van der Waals surface area contributed by atoms with Crippen LogP contribution in [0.25, 0.3) is 0 Å². The standard InChI is InChI=1S/C14H17NO/c1-11-2-4-12(5-3-11)15-9-8-14(6-7-14)10-13(15)16/h2-5H,6-10H2,1H3. The molecular weight excluding hydrogens is 198 g/mol. The molecule has 84 valence electrons. The molecule has 0 unspecified atom stereocenters. The maximum atomic E-state index is 12.1. The second-order valence-electron chi connectivity index (χ2n) is 5.31. The first-order valence-corrected chi connectivity index (χ1v) is 6.06. The average molecular weight is 215 g/mol. The number of benzene rings is 1. The lowest BCUT2D eigenvalue weighted by Gasteiger charge is -2.31. The molecule has 1 aliphatic heterocycles. The third-order valence-corrected chi connectivity index (χ3v) is 4.00. The van der Waals surface area contributed by atoms with Crippen LogP contribution in [0.1, 0.15) is 31.2 Å². The van der Waals surface area contributed by atoms with Gasteiger partial charge in [0.1, 0.15) is 0 Å². The Balaban J connectivity index is 1.80. The zero-order chi connectivity index (χ0) is 11.2. The predicted octanol–water partition coefficient (Wildman–Crippen LogP) is 2.90. The molecule has 2 heteroatoms. The van der Waals surface area contributed by atoms with Crippen molar-refractivity contribution in [3.63, 3.8) is 0 Å². The SMILES string of the molecule is Cc1ccc(N2CCC3(CC3)CC2=O)cc1. The number of carbonyl (C=O) groups is 1. The lowest BCUT2D eigenvalue weighted by molar-refractivity contribution is -0.121. The molecule has 0 bridgehead atoms. The third-order valence-electron chi connectivity index (χ3n) is 4.00. The number of rotatable bonds is 1. The molecule has 0 N–H and O–H groups in total. The van der Waals surface area contributed by atoms with E-state index in [1.165, 1.54) is 24.8 Å². The van der Waals surface area contributed by atoms with Crippen LogP contribution in [0.15, 0.2) is 24.3 Å². The molecule has 1 aromatic carbocycles. The fraction of sp³-hybridized carbons (Fsp3) is 0.500. The van der Waals surface area contributed by atoms with Gasteiger partial charge < -0.3 is 4.90 Å². The number of piperidine rings is 1. The lowest BCUT2D eigenvalue weighted by Crippen LogP contribution is -2.39. The van der Waals surface area contributed by atoms with Crippen LogP contribution in [-0.4, -0.2) is 12.5 Å². The van der Waals surface area contributed by atoms with Gasteiger partial charge in [0.2, 0.25) is 5.91 Å². The number of hydrogen-bond acceptors (Lipinski definition) is 1. The van der Waals surface area contributed by atoms with Crippen molar-refractivity contribution in [2.45, 2.75) is 32.6 Å². The Morgan fingerprint density at radius 2 is 1.81 bits per heavy atom. The van der Waals surface area contributed by atoms with E-state index in [1.807, 2.05) is 4.90 Å². The molecule has 0 aromatic heterocycles. The highest BCUT2D eigenvalue weighted by Gasteiger charge is 2.47. The molecule has 0 atom stereocenters. The van der Waals surface area contributed by atoms with E-state index in [1.54, 1.807) is 0 Å². The van der Waals surface area contributed by atoms with E-state index in [9.17, 15) is 4.79 Å². The quantitative estimate of drug-likeness (QED) is 0.705. The number of carbonyl (C=O) groups excluding carboxylic acids is 1. The zero-order valence-corrected chi connectivity index (χ0v) is 9.70. The van der Waals surface area contributed by atoms with Gasteiger partial charge in [-0.25, -0.2) is 0 Å². The van der Waals surface area contributed by atoms with Crippen molar-refractivity contribution < 1.29 is 4.79 Å². The summed E-state index contributed by atoms with van der Waals surface area (Å²) in [4.78, 5) is 14.0. The Hall–Kier alpha value is -1.31. The molecule has 1 aromatic rings. The van der Waals surface area contributed by atoms with Crippen LogP contribution in [0.5, 0.6) is 0 Å². The maximum Gasteiger partial charge on any atom is 0.227 e. The summed E-state index contributed by atoms with van der Waals surface area (Å²) in [7, 11) is 0. The van der Waals surface area contributed by atoms with Crippen molar-refractivity contribution >= 4 is 11.6 Å². The summed E-state index contributed by atoms with van der Waals surface area (Å²) >= 11 is 0. The van der Waals surface area contributed by atoms with Gasteiger partial charge in [0.25, 0.3) is 0 Å². The van der Waals surface area contributed by atoms with E-state index >= 15 is 0 Å². The molecule has 1 saturated carbocycles. The molecule has 1 spiro atoms. The fourth-order valence-electron chi connectivity index (χ4n) is 2.58. The minimum Gasteiger partial charge on any atom is -0.312 e. The molecule has 1 amide bonds. The second kappa shape index (κ2) is 3.34. The van der Waals surface area contributed by atoms with Gasteiger partial charge in [-0.2, -0.15) is 0 Å². The molecule has 16 heavy (non-hydrogen) atoms. The second-order valence-corrected chi connectivity index (χ2v) is 5.31. The lowest BCUT2D eigenvalue weighted by atomic mass is 9.93. The Bertz CT molecular complexity index is 417. The van der Waals surface area contributed by atoms with Crippen molar-refractivity contribution in [1.82, 2.24) is 0 Å². The number of amides is 1. The van der Waals surface area contributed by atoms with E-state index in [-0.39, 0.29) is 0 Å². The number of anilines is 1. The van der Waals surface area contributed by atoms with Gasteiger partial charge in [0.05, 0.1) is 0 Å². The number of hydrogen-bond donors (Lipinski definition) is 0. The molecule has 1 aliphatic carbocycles. The van der Waals surface area contributed by atoms with Gasteiger partial charge in [-0.1, -0.05) is 17.7 Å². The molecule has 1 heterocycles. The molecule has 2 fully saturated rings. The maximum absolute atomic E-state index is 12.1. The van der Waals surface area contributed by atoms with Crippen LogP contribution >= 0.6 is 0 Å². The van der Waals surface area contributed by atoms with Crippen LogP contribution in [-0.2, 0) is 4.79 Å². The number of aryl methyl sites for hydroxylation is 1. The summed E-state index contributed by atoms with van der Waals surface area (Å²) in [5.41, 5.74) is 2.72. The Kier molecular flexibility index (Phi) is 2.06. The van der Waals surface area contributed by atoms with Gasteiger partial charge in [0, 0.05) is 18.7 Å². The summed E-state index contributed by atoms with van der Waals surface area (Å²) in [5, 5.41) is 0. The van der Waals surface area contributed by atoms with Gasteiger partial charge in [-0.3, -0.25) is 4.79 Å². The Morgan fingerprint density at radius 1 is 1.12 bits per heavy atom. The number of nitrogens with zero attached hydrogens (tertiary/aromatic N) is 1. The minimum absolute atomic E-state index is 0.313. The summed E-state index contributed by atoms with van der Waals surface area (Å²) in [5.74, 6) is 0.313. The highest BCUT2D eigenvalue weighted by atomic mass is 16.2. The molecule has 1 saturated heterocycles. The van der Waals surface area contributed by atoms with Crippen LogP contribution in [0.3, 0.4) is 0 Å². The van der Waals surface area contributed by atoms with Gasteiger partial charge >= 0.3 is 0 Å². The van der Waals surface area contributed by atoms with E-state index in [4.69, 9.17) is 0 Å². The molecule has 2 aliphatic rings. The van der Waals surface area contributed by atoms with Gasteiger partial charge in [0.15, 0.2) is 0 Å². The molecule has 2 nitrogen and oxygen atoms in total. The summed E-state index contributed by atoms with van der Waals surface area (Å²) < 4.78 is 0. The van der Waals surface area contributed by atoms with Crippen LogP contribution < -0.4 is 4.90 Å². The first-order valence-electron chi connectivity index (χ1n) is 6.06. The minimum atomic E-state index is 0.313. The van der Waals surface area contributed by atoms with Crippen molar-refractivity contribution in [2.24, 2.45) is 5.41 Å². The van der Waals surface area contributed by atoms with Crippen LogP contribution in [0, 0.1) is 12.3 Å². The van der Waals surface area contributed by atoms with E-state index in [2.05, 4.69) is 31.2 Å². The highest BCUT2D eigenvalue weighted by Crippen LogP contribution is 2.54. The van der Waals surface area contributed by atoms with Crippen molar-refractivity contribution in [2.75, 3.05) is 11.4 Å². The highest BCUT2D eigenvalue weighted by molar-refractivity contribution is 5.94. The van der Waals surface area contributed by atoms with Crippen molar-refractivity contribution in [1.29, 1.82) is 0 Å². The largest absolute Gasteiger partial charge is 0.312 e. The van der Waals surface area contributed by atoms with Crippen LogP contribution in [0.4, 0.5) is 5.69 Å². The monoisotopic (exact) mass is 215 g/mol. The fourth-order valence-corrected chi connectivity index (χ4v) is 2.58. The van der Waals surface area contributed by atoms with E-state index in [0.29, 0.717) is 11.3 Å². The normalized spacial score (nSPS) is 22.6. The predicted molar refractivity (Wildman–Crippen MR) is 64.4 cm³/mol. The summed E-state index contributed by atoms with van der Waals surface area (Å²) in [6, 6.07) is 8.25. The van der Waals surface area contributed by atoms with E-state index < -0.39 is 0 Å². The Morgan fingerprint density at radius 3 is 2.38 bits per heavy atom. The van der Waals surface area contributed by atoms with Crippen molar-refractivity contribution in [3.8, 4) is 0 Å². The molecular formula is C14H17NO. The smallest absolute Gasteiger partial charge is 0.227 e. The van der Waals surface area contributed by atoms with Crippen LogP contribution in [0.2, 0.25) is 0 Å². The van der Waals surface area contributed by atoms with E-state index in [0.717, 1.165) is 18.7 Å². The first-order chi connectivity index (χ1) is 7.69. The first kappa shape index (κ1) is 9.88. The van der Waals surface area contributed by atoms with Gasteiger partial charge in [-0.05, 0) is 43.7 Å².